The average Bonchev–Trinajstić information content (AvgIpc) is 3.77. The van der Waals surface area contributed by atoms with Gasteiger partial charge in [-0.25, -0.2) is 0 Å². The molecule has 6 rings (SSSR count). The van der Waals surface area contributed by atoms with Crippen LogP contribution in [0.5, 0.6) is 17.2 Å². The zero-order chi connectivity index (χ0) is 30.8. The highest BCUT2D eigenvalue weighted by molar-refractivity contribution is 5.89. The molecule has 12 heteroatoms. The standard InChI is InChI=1S/C32H35F3N4O5/c1-42-23-13-11-21(12-14-23)29(31(41)36-22-6-2-3-7-22)38(17-20-10-15-26-27(16-20)44-19-43-26)28(40)18-39-25-9-5-4-8-24(25)30(37-39)32(33,34)35/h10-16,22,29H,2-9,17-19H2,1H3,(H,36,41). The topological polar surface area (TPSA) is 94.9 Å². The van der Waals surface area contributed by atoms with E-state index in [2.05, 4.69) is 10.4 Å². The van der Waals surface area contributed by atoms with E-state index in [0.29, 0.717) is 53.3 Å². The second kappa shape index (κ2) is 12.4. The molecular formula is C32H35F3N4O5. The largest absolute Gasteiger partial charge is 0.497 e. The van der Waals surface area contributed by atoms with Gasteiger partial charge in [-0.1, -0.05) is 31.0 Å². The van der Waals surface area contributed by atoms with Crippen LogP contribution in [0.1, 0.15) is 72.6 Å². The minimum absolute atomic E-state index is 0.000156. The van der Waals surface area contributed by atoms with Gasteiger partial charge in [0.2, 0.25) is 18.6 Å². The predicted molar refractivity (Wildman–Crippen MR) is 153 cm³/mol. The van der Waals surface area contributed by atoms with Gasteiger partial charge in [-0.3, -0.25) is 14.3 Å². The highest BCUT2D eigenvalue weighted by Gasteiger charge is 2.40. The molecule has 1 N–H and O–H groups in total. The molecule has 2 aromatic carbocycles. The Morgan fingerprint density at radius 1 is 1.05 bits per heavy atom. The molecule has 0 radical (unpaired) electrons. The summed E-state index contributed by atoms with van der Waals surface area (Å²) in [5.74, 6) is 0.784. The van der Waals surface area contributed by atoms with Gasteiger partial charge in [0.15, 0.2) is 17.2 Å². The molecule has 2 heterocycles. The van der Waals surface area contributed by atoms with Gasteiger partial charge in [0.25, 0.3) is 0 Å². The van der Waals surface area contributed by atoms with Crippen LogP contribution < -0.4 is 19.5 Å². The van der Waals surface area contributed by atoms with Crippen LogP contribution in [0.3, 0.4) is 0 Å². The van der Waals surface area contributed by atoms with E-state index in [9.17, 15) is 22.8 Å². The van der Waals surface area contributed by atoms with Crippen molar-refractivity contribution in [2.45, 2.75) is 82.7 Å². The molecule has 0 spiro atoms. The van der Waals surface area contributed by atoms with Gasteiger partial charge in [0, 0.05) is 23.8 Å². The van der Waals surface area contributed by atoms with Gasteiger partial charge in [-0.2, -0.15) is 18.3 Å². The Kier molecular flexibility index (Phi) is 8.42. The number of methoxy groups -OCH3 is 1. The fourth-order valence-corrected chi connectivity index (χ4v) is 6.42. The number of rotatable bonds is 9. The second-order valence-corrected chi connectivity index (χ2v) is 11.5. The van der Waals surface area contributed by atoms with Gasteiger partial charge in [-0.15, -0.1) is 0 Å². The molecule has 0 saturated heterocycles. The average molecular weight is 613 g/mol. The smallest absolute Gasteiger partial charge is 0.435 e. The molecule has 234 valence electrons. The first kappa shape index (κ1) is 29.8. The Balaban J connectivity index is 1.39. The fraction of sp³-hybridized carbons (Fsp3) is 0.469. The van der Waals surface area contributed by atoms with E-state index in [1.807, 2.05) is 0 Å². The lowest BCUT2D eigenvalue weighted by molar-refractivity contribution is -0.144. The van der Waals surface area contributed by atoms with Gasteiger partial charge in [0.05, 0.1) is 7.11 Å². The summed E-state index contributed by atoms with van der Waals surface area (Å²) in [5, 5.41) is 7.04. The predicted octanol–water partition coefficient (Wildman–Crippen LogP) is 5.35. The lowest BCUT2D eigenvalue weighted by Crippen LogP contribution is -2.46. The van der Waals surface area contributed by atoms with E-state index in [1.165, 1.54) is 16.7 Å². The number of nitrogens with zero attached hydrogens (tertiary/aromatic N) is 3. The minimum Gasteiger partial charge on any atom is -0.497 e. The van der Waals surface area contributed by atoms with Gasteiger partial charge in [0.1, 0.15) is 18.3 Å². The maximum absolute atomic E-state index is 14.3. The molecule has 44 heavy (non-hydrogen) atoms. The number of alkyl halides is 3. The summed E-state index contributed by atoms with van der Waals surface area (Å²) in [6, 6.07) is 11.1. The quantitative estimate of drug-likeness (QED) is 0.350. The first-order chi connectivity index (χ1) is 21.2. The maximum atomic E-state index is 14.3. The van der Waals surface area contributed by atoms with Crippen LogP contribution in [0.4, 0.5) is 13.2 Å². The summed E-state index contributed by atoms with van der Waals surface area (Å²) in [5.41, 5.74) is 0.871. The highest BCUT2D eigenvalue weighted by Crippen LogP contribution is 2.37. The lowest BCUT2D eigenvalue weighted by atomic mass is 9.95. The normalized spacial score (nSPS) is 16.8. The van der Waals surface area contributed by atoms with Crippen molar-refractivity contribution in [1.29, 1.82) is 0 Å². The third kappa shape index (κ3) is 6.20. The first-order valence-electron chi connectivity index (χ1n) is 15.0. The summed E-state index contributed by atoms with van der Waals surface area (Å²) in [4.78, 5) is 29.8. The van der Waals surface area contributed by atoms with Crippen LogP contribution in [-0.2, 0) is 41.7 Å². The van der Waals surface area contributed by atoms with E-state index < -0.39 is 30.4 Å². The van der Waals surface area contributed by atoms with E-state index >= 15 is 0 Å². The first-order valence-corrected chi connectivity index (χ1v) is 15.0. The van der Waals surface area contributed by atoms with E-state index in [4.69, 9.17) is 14.2 Å². The van der Waals surface area contributed by atoms with Crippen molar-refractivity contribution in [1.82, 2.24) is 20.0 Å². The van der Waals surface area contributed by atoms with Crippen LogP contribution in [-0.4, -0.2) is 46.4 Å². The van der Waals surface area contributed by atoms with Crippen molar-refractivity contribution in [3.05, 3.63) is 70.5 Å². The second-order valence-electron chi connectivity index (χ2n) is 11.5. The molecule has 1 aliphatic heterocycles. The summed E-state index contributed by atoms with van der Waals surface area (Å²) in [6.45, 7) is -0.363. The third-order valence-corrected chi connectivity index (χ3v) is 8.61. The molecule has 9 nitrogen and oxygen atoms in total. The summed E-state index contributed by atoms with van der Waals surface area (Å²) in [6.07, 6.45) is 1.07. The maximum Gasteiger partial charge on any atom is 0.435 e. The molecule has 3 aromatic rings. The summed E-state index contributed by atoms with van der Waals surface area (Å²) in [7, 11) is 1.54. The van der Waals surface area contributed by atoms with Crippen LogP contribution in [0.2, 0.25) is 0 Å². The number of hydrogen-bond donors (Lipinski definition) is 1. The van der Waals surface area contributed by atoms with Crippen molar-refractivity contribution >= 4 is 11.8 Å². The molecule has 1 saturated carbocycles. The Labute approximate surface area is 253 Å². The number of carbonyl (C=O) groups excluding carboxylic acids is 2. The number of hydrogen-bond acceptors (Lipinski definition) is 6. The van der Waals surface area contributed by atoms with Crippen molar-refractivity contribution in [3.8, 4) is 17.2 Å². The Bertz CT molecular complexity index is 1520. The Morgan fingerprint density at radius 2 is 1.77 bits per heavy atom. The Hall–Kier alpha value is -4.22. The lowest BCUT2D eigenvalue weighted by Gasteiger charge is -2.33. The molecule has 2 amide bonds. The van der Waals surface area contributed by atoms with Crippen molar-refractivity contribution in [2.75, 3.05) is 13.9 Å². The zero-order valence-corrected chi connectivity index (χ0v) is 24.5. The molecule has 1 atom stereocenters. The molecule has 2 aliphatic carbocycles. The number of aromatic nitrogens is 2. The Morgan fingerprint density at radius 3 is 2.50 bits per heavy atom. The van der Waals surface area contributed by atoms with E-state index in [0.717, 1.165) is 25.7 Å². The number of halogens is 3. The van der Waals surface area contributed by atoms with Crippen molar-refractivity contribution in [2.24, 2.45) is 0 Å². The number of fused-ring (bicyclic) bond motifs is 2. The molecule has 0 bridgehead atoms. The number of amides is 2. The monoisotopic (exact) mass is 612 g/mol. The molecule has 1 unspecified atom stereocenters. The third-order valence-electron chi connectivity index (χ3n) is 8.61. The molecular weight excluding hydrogens is 577 g/mol. The fourth-order valence-electron chi connectivity index (χ4n) is 6.42. The van der Waals surface area contributed by atoms with Crippen LogP contribution in [0.15, 0.2) is 42.5 Å². The van der Waals surface area contributed by atoms with Crippen LogP contribution >= 0.6 is 0 Å². The summed E-state index contributed by atoms with van der Waals surface area (Å²) >= 11 is 0. The highest BCUT2D eigenvalue weighted by atomic mass is 19.4. The van der Waals surface area contributed by atoms with Crippen molar-refractivity contribution < 1.29 is 37.0 Å². The SMILES string of the molecule is COc1ccc(C(C(=O)NC2CCCC2)N(Cc2ccc3c(c2)OCO3)C(=O)Cn2nc(C(F)(F)F)c3c2CCCC3)cc1. The molecule has 1 fully saturated rings. The number of ether oxygens (including phenoxy) is 3. The molecule has 3 aliphatic rings. The number of nitrogens with one attached hydrogen (secondary N) is 1. The zero-order valence-electron chi connectivity index (χ0n) is 24.5. The number of benzene rings is 2. The molecule has 1 aromatic heterocycles. The number of carbonyl (C=O) groups is 2. The van der Waals surface area contributed by atoms with Gasteiger partial charge in [-0.05, 0) is 73.9 Å². The van der Waals surface area contributed by atoms with Crippen LogP contribution in [0.25, 0.3) is 0 Å². The van der Waals surface area contributed by atoms with E-state index in [1.54, 1.807) is 42.5 Å². The summed E-state index contributed by atoms with van der Waals surface area (Å²) < 4.78 is 59.3. The van der Waals surface area contributed by atoms with Gasteiger partial charge < -0.3 is 24.4 Å². The van der Waals surface area contributed by atoms with Crippen molar-refractivity contribution in [3.63, 3.8) is 0 Å². The van der Waals surface area contributed by atoms with Crippen LogP contribution in [0, 0.1) is 0 Å². The van der Waals surface area contributed by atoms with E-state index in [-0.39, 0.29) is 37.3 Å². The minimum atomic E-state index is -4.63. The van der Waals surface area contributed by atoms with Gasteiger partial charge >= 0.3 is 6.18 Å².